The predicted octanol–water partition coefficient (Wildman–Crippen LogP) is 4.18. The third kappa shape index (κ3) is 4.86. The first-order chi connectivity index (χ1) is 19.8. The number of phenols is 1. The van der Waals surface area contributed by atoms with Crippen LogP contribution in [0.3, 0.4) is 0 Å². The largest absolute Gasteiger partial charge is 0.507 e. The van der Waals surface area contributed by atoms with Crippen LogP contribution in [0.2, 0.25) is 0 Å². The highest BCUT2D eigenvalue weighted by Crippen LogP contribution is 2.49. The minimum absolute atomic E-state index is 0.0278. The molecule has 11 heteroatoms. The van der Waals surface area contributed by atoms with Crippen LogP contribution in [0.5, 0.6) is 34.5 Å². The summed E-state index contributed by atoms with van der Waals surface area (Å²) in [6.07, 6.45) is 1.13. The molecule has 0 bridgehead atoms. The first-order valence-electron chi connectivity index (χ1n) is 12.4. The zero-order chi connectivity index (χ0) is 29.3. The van der Waals surface area contributed by atoms with Gasteiger partial charge in [0.2, 0.25) is 5.43 Å². The summed E-state index contributed by atoms with van der Waals surface area (Å²) in [7, 11) is 5.65. The summed E-state index contributed by atoms with van der Waals surface area (Å²) in [6.45, 7) is -0.409. The average Bonchev–Trinajstić information content (AvgIpc) is 2.98. The Bertz CT molecular complexity index is 1720. The summed E-state index contributed by atoms with van der Waals surface area (Å²) < 4.78 is 38.0. The van der Waals surface area contributed by atoms with Crippen molar-refractivity contribution in [1.29, 1.82) is 0 Å². The lowest BCUT2D eigenvalue weighted by Gasteiger charge is -2.27. The second-order valence-electron chi connectivity index (χ2n) is 9.03. The summed E-state index contributed by atoms with van der Waals surface area (Å²) in [6, 6.07) is 11.2. The van der Waals surface area contributed by atoms with E-state index in [0.717, 1.165) is 0 Å². The SMILES string of the molecule is COC(=O)COc1c(OC)cccc1[C@H]1CC(=O)Oc2cc(O)c3c(=O)c(-c4ccc(OC)c(OC)c4)coc3c21. The maximum absolute atomic E-state index is 13.8. The Labute approximate surface area is 233 Å². The van der Waals surface area contributed by atoms with Gasteiger partial charge < -0.3 is 37.9 Å². The molecule has 11 nitrogen and oxygen atoms in total. The van der Waals surface area contributed by atoms with Crippen molar-refractivity contribution in [2.24, 2.45) is 0 Å². The summed E-state index contributed by atoms with van der Waals surface area (Å²) in [5.74, 6) is -0.927. The smallest absolute Gasteiger partial charge is 0.343 e. The number of esters is 2. The highest BCUT2D eigenvalue weighted by Gasteiger charge is 2.36. The zero-order valence-corrected chi connectivity index (χ0v) is 22.6. The zero-order valence-electron chi connectivity index (χ0n) is 22.6. The molecule has 0 aliphatic carbocycles. The molecule has 0 fully saturated rings. The van der Waals surface area contributed by atoms with E-state index in [9.17, 15) is 19.5 Å². The molecule has 4 aromatic rings. The number of hydrogen-bond acceptors (Lipinski definition) is 11. The number of phenolic OH excluding ortho intramolecular Hbond substituents is 1. The van der Waals surface area contributed by atoms with E-state index < -0.39 is 35.6 Å². The van der Waals surface area contributed by atoms with Gasteiger partial charge in [-0.3, -0.25) is 9.59 Å². The van der Waals surface area contributed by atoms with Gasteiger partial charge in [-0.1, -0.05) is 18.2 Å². The molecule has 1 aliphatic rings. The van der Waals surface area contributed by atoms with E-state index in [1.54, 1.807) is 36.4 Å². The molecular formula is C30H26O11. The van der Waals surface area contributed by atoms with Crippen molar-refractivity contribution in [3.05, 3.63) is 70.1 Å². The summed E-state index contributed by atoms with van der Waals surface area (Å²) in [5.41, 5.74) is 0.996. The van der Waals surface area contributed by atoms with Crippen molar-refractivity contribution in [3.63, 3.8) is 0 Å². The van der Waals surface area contributed by atoms with Crippen molar-refractivity contribution in [1.82, 2.24) is 0 Å². The van der Waals surface area contributed by atoms with Crippen molar-refractivity contribution in [2.75, 3.05) is 35.0 Å². The van der Waals surface area contributed by atoms with Gasteiger partial charge >= 0.3 is 11.9 Å². The van der Waals surface area contributed by atoms with E-state index in [2.05, 4.69) is 0 Å². The molecule has 2 heterocycles. The van der Waals surface area contributed by atoms with E-state index in [1.165, 1.54) is 40.8 Å². The van der Waals surface area contributed by atoms with Crippen molar-refractivity contribution >= 4 is 22.9 Å². The molecule has 41 heavy (non-hydrogen) atoms. The molecule has 0 radical (unpaired) electrons. The van der Waals surface area contributed by atoms with Gasteiger partial charge in [-0.05, 0) is 23.8 Å². The van der Waals surface area contributed by atoms with Crippen molar-refractivity contribution < 1.29 is 47.5 Å². The molecule has 1 atom stereocenters. The summed E-state index contributed by atoms with van der Waals surface area (Å²) in [5, 5.41) is 10.8. The number of rotatable bonds is 8. The van der Waals surface area contributed by atoms with Gasteiger partial charge in [-0.2, -0.15) is 0 Å². The minimum Gasteiger partial charge on any atom is -0.507 e. The first-order valence-corrected chi connectivity index (χ1v) is 12.4. The molecule has 0 saturated heterocycles. The summed E-state index contributed by atoms with van der Waals surface area (Å²) in [4.78, 5) is 38.3. The van der Waals surface area contributed by atoms with Crippen LogP contribution < -0.4 is 29.1 Å². The average molecular weight is 563 g/mol. The van der Waals surface area contributed by atoms with Gasteiger partial charge in [-0.15, -0.1) is 0 Å². The molecule has 0 unspecified atom stereocenters. The van der Waals surface area contributed by atoms with E-state index in [-0.39, 0.29) is 34.5 Å². The Hall–Kier alpha value is -5.19. The minimum atomic E-state index is -0.743. The van der Waals surface area contributed by atoms with Gasteiger partial charge in [0.25, 0.3) is 0 Å². The Morgan fingerprint density at radius 1 is 0.976 bits per heavy atom. The Balaban J connectivity index is 1.72. The lowest BCUT2D eigenvalue weighted by molar-refractivity contribution is -0.143. The molecule has 1 N–H and O–H groups in total. The number of carbonyl (C=O) groups excluding carboxylic acids is 2. The molecule has 1 aromatic heterocycles. The number of para-hydroxylation sites is 1. The molecule has 0 amide bonds. The van der Waals surface area contributed by atoms with Gasteiger partial charge in [0, 0.05) is 23.1 Å². The Morgan fingerprint density at radius 2 is 1.73 bits per heavy atom. The standard InChI is InChI=1S/C30H26O11/c1-35-20-9-8-15(10-22(20)37-3)18-13-39-30-26-17(11-24(32)41-23(26)12-19(31)27(30)28(18)34)16-6-5-7-21(36-2)29(16)40-14-25(33)38-4/h5-10,12-13,17,31H,11,14H2,1-4H3/t17-/m1/s1. The summed E-state index contributed by atoms with van der Waals surface area (Å²) >= 11 is 0. The number of aromatic hydroxyl groups is 1. The predicted molar refractivity (Wildman–Crippen MR) is 145 cm³/mol. The van der Waals surface area contributed by atoms with E-state index >= 15 is 0 Å². The van der Waals surface area contributed by atoms with Crippen LogP contribution in [0.15, 0.2) is 57.9 Å². The van der Waals surface area contributed by atoms with E-state index in [4.69, 9.17) is 32.8 Å². The molecule has 0 saturated carbocycles. The second-order valence-corrected chi connectivity index (χ2v) is 9.03. The van der Waals surface area contributed by atoms with Crippen LogP contribution in [0.1, 0.15) is 23.5 Å². The topological polar surface area (TPSA) is 140 Å². The van der Waals surface area contributed by atoms with Crippen LogP contribution in [0.25, 0.3) is 22.1 Å². The molecule has 5 rings (SSSR count). The number of carbonyl (C=O) groups is 2. The second kappa shape index (κ2) is 11.1. The van der Waals surface area contributed by atoms with Crippen LogP contribution in [-0.2, 0) is 14.3 Å². The first kappa shape index (κ1) is 27.4. The van der Waals surface area contributed by atoms with E-state index in [0.29, 0.717) is 33.9 Å². The lowest BCUT2D eigenvalue weighted by Crippen LogP contribution is -2.23. The Kier molecular flexibility index (Phi) is 7.43. The molecule has 3 aromatic carbocycles. The number of methoxy groups -OCH3 is 4. The normalized spacial score (nSPS) is 14.1. The highest BCUT2D eigenvalue weighted by atomic mass is 16.6. The third-order valence-corrected chi connectivity index (χ3v) is 6.83. The maximum atomic E-state index is 13.8. The quantitative estimate of drug-likeness (QED) is 0.244. The fourth-order valence-electron chi connectivity index (χ4n) is 4.91. The molecular weight excluding hydrogens is 536 g/mol. The van der Waals surface area contributed by atoms with Crippen LogP contribution in [0.4, 0.5) is 0 Å². The number of ether oxygens (including phenoxy) is 6. The number of hydrogen-bond donors (Lipinski definition) is 1. The van der Waals surface area contributed by atoms with Gasteiger partial charge in [-0.25, -0.2) is 4.79 Å². The van der Waals surface area contributed by atoms with Crippen LogP contribution >= 0.6 is 0 Å². The van der Waals surface area contributed by atoms with Crippen LogP contribution in [-0.4, -0.2) is 52.1 Å². The maximum Gasteiger partial charge on any atom is 0.343 e. The molecule has 212 valence electrons. The van der Waals surface area contributed by atoms with Gasteiger partial charge in [0.1, 0.15) is 28.7 Å². The van der Waals surface area contributed by atoms with Crippen molar-refractivity contribution in [3.8, 4) is 45.6 Å². The fourth-order valence-corrected chi connectivity index (χ4v) is 4.91. The molecule has 0 spiro atoms. The number of benzene rings is 3. The Morgan fingerprint density at radius 3 is 2.44 bits per heavy atom. The van der Waals surface area contributed by atoms with Crippen LogP contribution in [0, 0.1) is 0 Å². The fraction of sp³-hybridized carbons (Fsp3) is 0.233. The lowest BCUT2D eigenvalue weighted by atomic mass is 9.84. The van der Waals surface area contributed by atoms with Gasteiger partial charge in [0.15, 0.2) is 29.6 Å². The number of fused-ring (bicyclic) bond motifs is 3. The third-order valence-electron chi connectivity index (χ3n) is 6.83. The van der Waals surface area contributed by atoms with Gasteiger partial charge in [0.05, 0.1) is 40.4 Å². The van der Waals surface area contributed by atoms with Crippen molar-refractivity contribution in [2.45, 2.75) is 12.3 Å². The highest BCUT2D eigenvalue weighted by molar-refractivity contribution is 5.94. The monoisotopic (exact) mass is 562 g/mol. The molecule has 1 aliphatic heterocycles. The van der Waals surface area contributed by atoms with E-state index in [1.807, 2.05) is 0 Å².